The topological polar surface area (TPSA) is 64.3 Å². The van der Waals surface area contributed by atoms with Crippen LogP contribution in [-0.2, 0) is 13.0 Å². The highest BCUT2D eigenvalue weighted by molar-refractivity contribution is 7.11. The van der Waals surface area contributed by atoms with Crippen LogP contribution in [0, 0.1) is 26.6 Å². The number of fused-ring (bicyclic) bond motifs is 2. The number of hydrogen-bond donors (Lipinski definition) is 1. The number of rotatable bonds is 4. The largest absolute Gasteiger partial charge is 0.493 e. The van der Waals surface area contributed by atoms with Crippen molar-refractivity contribution in [1.82, 2.24) is 19.4 Å². The van der Waals surface area contributed by atoms with Crippen molar-refractivity contribution in [3.05, 3.63) is 57.0 Å². The van der Waals surface area contributed by atoms with E-state index < -0.39 is 0 Å². The molecule has 1 aliphatic rings. The summed E-state index contributed by atoms with van der Waals surface area (Å²) >= 11 is 1.66. The van der Waals surface area contributed by atoms with E-state index in [1.165, 1.54) is 6.07 Å². The zero-order valence-corrected chi connectivity index (χ0v) is 17.2. The lowest BCUT2D eigenvalue weighted by Crippen LogP contribution is -2.09. The summed E-state index contributed by atoms with van der Waals surface area (Å²) < 4.78 is 21.9. The summed E-state index contributed by atoms with van der Waals surface area (Å²) in [5, 5.41) is 4.30. The maximum atomic E-state index is 14.5. The van der Waals surface area contributed by atoms with Crippen molar-refractivity contribution in [3.8, 4) is 17.0 Å². The number of halogens is 1. The van der Waals surface area contributed by atoms with E-state index >= 15 is 0 Å². The third-order valence-electron chi connectivity index (χ3n) is 5.13. The second-order valence-corrected chi connectivity index (χ2v) is 8.57. The lowest BCUT2D eigenvalue weighted by atomic mass is 10.0. The molecule has 1 N–H and O–H groups in total. The summed E-state index contributed by atoms with van der Waals surface area (Å²) in [7, 11) is 0. The molecule has 6 nitrogen and oxygen atoms in total. The molecule has 0 saturated carbocycles. The van der Waals surface area contributed by atoms with Crippen molar-refractivity contribution in [1.29, 1.82) is 0 Å². The Morgan fingerprint density at radius 2 is 2.10 bits per heavy atom. The van der Waals surface area contributed by atoms with E-state index in [1.54, 1.807) is 23.6 Å². The molecule has 0 unspecified atom stereocenters. The van der Waals surface area contributed by atoms with Crippen LogP contribution >= 0.6 is 11.3 Å². The molecule has 0 bridgehead atoms. The highest BCUT2D eigenvalue weighted by Gasteiger charge is 2.20. The summed E-state index contributed by atoms with van der Waals surface area (Å²) in [6.07, 6.45) is 4.44. The molecule has 0 saturated heterocycles. The standard InChI is InChI=1S/C21H20FN5OS/c1-11-10-27-20(25-11)16(19-12(2)29-13(3)26-19)9-24-21(27)23-8-15-14-6-7-28-18(14)5-4-17(15)22/h4-5,9-10H,6-8H2,1-3H3,(H,23,24). The number of benzene rings is 1. The van der Waals surface area contributed by atoms with Gasteiger partial charge in [0.15, 0.2) is 5.65 Å². The molecule has 1 aromatic carbocycles. The number of imidazole rings is 1. The van der Waals surface area contributed by atoms with Crippen molar-refractivity contribution >= 4 is 22.9 Å². The third kappa shape index (κ3) is 3.04. The quantitative estimate of drug-likeness (QED) is 0.539. The van der Waals surface area contributed by atoms with E-state index in [1.807, 2.05) is 24.4 Å². The minimum Gasteiger partial charge on any atom is -0.493 e. The normalized spacial score (nSPS) is 13.0. The molecule has 4 aromatic rings. The number of nitrogens with one attached hydrogen (secondary N) is 1. The first-order valence-corrected chi connectivity index (χ1v) is 10.3. The first-order chi connectivity index (χ1) is 14.0. The highest BCUT2D eigenvalue weighted by atomic mass is 32.1. The molecule has 148 valence electrons. The number of anilines is 1. The predicted octanol–water partition coefficient (Wildman–Crippen LogP) is 4.46. The van der Waals surface area contributed by atoms with Gasteiger partial charge in [-0.3, -0.25) is 4.40 Å². The van der Waals surface area contributed by atoms with Gasteiger partial charge in [0, 0.05) is 41.4 Å². The number of ether oxygens (including phenoxy) is 1. The Kier molecular flexibility index (Phi) is 4.24. The molecule has 3 aromatic heterocycles. The van der Waals surface area contributed by atoms with E-state index in [9.17, 15) is 4.39 Å². The average Bonchev–Trinajstić information content (AvgIpc) is 3.38. The van der Waals surface area contributed by atoms with E-state index in [0.717, 1.165) is 50.2 Å². The van der Waals surface area contributed by atoms with Crippen molar-refractivity contribution in [2.24, 2.45) is 0 Å². The molecule has 0 aliphatic carbocycles. The number of aromatic nitrogens is 4. The van der Waals surface area contributed by atoms with Gasteiger partial charge in [-0.05, 0) is 32.9 Å². The van der Waals surface area contributed by atoms with Crippen LogP contribution in [0.4, 0.5) is 10.3 Å². The molecule has 0 spiro atoms. The molecule has 29 heavy (non-hydrogen) atoms. The summed E-state index contributed by atoms with van der Waals surface area (Å²) in [6, 6.07) is 3.16. The molecular formula is C21H20FN5OS. The molecule has 8 heteroatoms. The van der Waals surface area contributed by atoms with Gasteiger partial charge in [-0.25, -0.2) is 19.3 Å². The van der Waals surface area contributed by atoms with Gasteiger partial charge in [-0.1, -0.05) is 0 Å². The van der Waals surface area contributed by atoms with Crippen LogP contribution in [0.15, 0.2) is 24.5 Å². The second kappa shape index (κ2) is 6.81. The SMILES string of the molecule is Cc1cn2c(NCc3c(F)ccc4c3CCO4)ncc(-c3nc(C)sc3C)c2n1. The Morgan fingerprint density at radius 3 is 2.90 bits per heavy atom. The van der Waals surface area contributed by atoms with Crippen LogP contribution in [0.5, 0.6) is 5.75 Å². The number of nitrogens with zero attached hydrogens (tertiary/aromatic N) is 4. The van der Waals surface area contributed by atoms with Gasteiger partial charge in [0.05, 0.1) is 28.6 Å². The maximum absolute atomic E-state index is 14.5. The fraction of sp³-hybridized carbons (Fsp3) is 0.286. The van der Waals surface area contributed by atoms with Crippen molar-refractivity contribution in [2.75, 3.05) is 11.9 Å². The minimum absolute atomic E-state index is 0.231. The van der Waals surface area contributed by atoms with Gasteiger partial charge < -0.3 is 10.1 Å². The summed E-state index contributed by atoms with van der Waals surface area (Å²) in [5.74, 6) is 1.15. The van der Waals surface area contributed by atoms with Crippen molar-refractivity contribution in [2.45, 2.75) is 33.7 Å². The summed E-state index contributed by atoms with van der Waals surface area (Å²) in [6.45, 7) is 6.91. The van der Waals surface area contributed by atoms with Crippen LogP contribution in [0.2, 0.25) is 0 Å². The summed E-state index contributed by atoms with van der Waals surface area (Å²) in [5.41, 5.74) is 5.03. The van der Waals surface area contributed by atoms with Gasteiger partial charge in [-0.15, -0.1) is 11.3 Å². The van der Waals surface area contributed by atoms with E-state index in [0.29, 0.717) is 24.7 Å². The fourth-order valence-electron chi connectivity index (χ4n) is 3.85. The third-order valence-corrected chi connectivity index (χ3v) is 6.02. The molecule has 5 rings (SSSR count). The highest BCUT2D eigenvalue weighted by Crippen LogP contribution is 2.32. The van der Waals surface area contributed by atoms with Gasteiger partial charge in [0.25, 0.3) is 0 Å². The molecule has 0 radical (unpaired) electrons. The molecule has 1 aliphatic heterocycles. The van der Waals surface area contributed by atoms with Crippen LogP contribution in [-0.4, -0.2) is 26.0 Å². The minimum atomic E-state index is -0.231. The van der Waals surface area contributed by atoms with Crippen LogP contribution in [0.3, 0.4) is 0 Å². The number of aryl methyl sites for hydroxylation is 3. The Balaban J connectivity index is 1.54. The molecular weight excluding hydrogens is 389 g/mol. The Labute approximate surface area is 171 Å². The maximum Gasteiger partial charge on any atom is 0.208 e. The van der Waals surface area contributed by atoms with Crippen LogP contribution < -0.4 is 10.1 Å². The van der Waals surface area contributed by atoms with Crippen LogP contribution in [0.1, 0.15) is 26.7 Å². The van der Waals surface area contributed by atoms with Gasteiger partial charge in [0.2, 0.25) is 5.95 Å². The molecule has 4 heterocycles. The monoisotopic (exact) mass is 409 g/mol. The second-order valence-electron chi connectivity index (χ2n) is 7.16. The Morgan fingerprint density at radius 1 is 1.24 bits per heavy atom. The summed E-state index contributed by atoms with van der Waals surface area (Å²) in [4.78, 5) is 15.1. The number of thiazole rings is 1. The van der Waals surface area contributed by atoms with Gasteiger partial charge in [0.1, 0.15) is 11.6 Å². The average molecular weight is 409 g/mol. The lowest BCUT2D eigenvalue weighted by molar-refractivity contribution is 0.356. The van der Waals surface area contributed by atoms with Gasteiger partial charge in [-0.2, -0.15) is 0 Å². The first kappa shape index (κ1) is 18.1. The van der Waals surface area contributed by atoms with E-state index in [4.69, 9.17) is 4.74 Å². The molecule has 0 atom stereocenters. The Bertz CT molecular complexity index is 1250. The predicted molar refractivity (Wildman–Crippen MR) is 111 cm³/mol. The first-order valence-electron chi connectivity index (χ1n) is 9.47. The van der Waals surface area contributed by atoms with E-state index in [2.05, 4.69) is 27.2 Å². The zero-order chi connectivity index (χ0) is 20.1. The fourth-order valence-corrected chi connectivity index (χ4v) is 4.68. The van der Waals surface area contributed by atoms with E-state index in [-0.39, 0.29) is 5.82 Å². The van der Waals surface area contributed by atoms with Crippen molar-refractivity contribution < 1.29 is 9.13 Å². The zero-order valence-electron chi connectivity index (χ0n) is 16.4. The van der Waals surface area contributed by atoms with Gasteiger partial charge >= 0.3 is 0 Å². The Hall–Kier alpha value is -3.00. The lowest BCUT2D eigenvalue weighted by Gasteiger charge is -2.12. The van der Waals surface area contributed by atoms with Crippen LogP contribution in [0.25, 0.3) is 16.9 Å². The smallest absolute Gasteiger partial charge is 0.208 e. The number of hydrogen-bond acceptors (Lipinski definition) is 6. The van der Waals surface area contributed by atoms with Crippen molar-refractivity contribution in [3.63, 3.8) is 0 Å². The molecule has 0 fully saturated rings. The molecule has 0 amide bonds.